The fourth-order valence-electron chi connectivity index (χ4n) is 2.96. The number of carbonyl (C=O) groups excluding carboxylic acids is 1. The van der Waals surface area contributed by atoms with E-state index >= 15 is 0 Å². The van der Waals surface area contributed by atoms with Gasteiger partial charge in [-0.15, -0.1) is 0 Å². The summed E-state index contributed by atoms with van der Waals surface area (Å²) in [5.74, 6) is -0.0361. The Balaban J connectivity index is 2.01. The molecule has 0 fully saturated rings. The van der Waals surface area contributed by atoms with Crippen molar-refractivity contribution in [3.05, 3.63) is 58.0 Å². The molecule has 0 radical (unpaired) electrons. The van der Waals surface area contributed by atoms with E-state index in [1.165, 1.54) is 6.08 Å². The number of rotatable bonds is 4. The van der Waals surface area contributed by atoms with Crippen molar-refractivity contribution in [1.82, 2.24) is 0 Å². The second-order valence-corrected chi connectivity index (χ2v) is 5.77. The lowest BCUT2D eigenvalue weighted by molar-refractivity contribution is -0.130. The normalized spacial score (nSPS) is 20.2. The second kappa shape index (κ2) is 6.81. The Bertz CT molecular complexity index is 904. The maximum Gasteiger partial charge on any atom is 0.354 e. The Hall–Kier alpha value is -2.71. The molecule has 0 saturated carbocycles. The molecule has 2 unspecified atom stereocenters. The smallest absolute Gasteiger partial charge is 0.354 e. The van der Waals surface area contributed by atoms with Crippen molar-refractivity contribution in [3.8, 4) is 6.07 Å². The first kappa shape index (κ1) is 16.2. The zero-order valence-electron chi connectivity index (χ0n) is 13.3. The summed E-state index contributed by atoms with van der Waals surface area (Å²) in [4.78, 5) is 23.9. The van der Waals surface area contributed by atoms with Gasteiger partial charge in [-0.25, -0.2) is 4.79 Å². The zero-order chi connectivity index (χ0) is 17.1. The molecule has 1 aromatic carbocycles. The maximum atomic E-state index is 12.0. The first-order valence-electron chi connectivity index (χ1n) is 7.96. The predicted molar refractivity (Wildman–Crippen MR) is 88.6 cm³/mol. The fraction of sp³-hybridized carbons (Fsp3) is 0.316. The van der Waals surface area contributed by atoms with Crippen molar-refractivity contribution >= 4 is 16.8 Å². The van der Waals surface area contributed by atoms with Crippen molar-refractivity contribution in [2.24, 2.45) is 0 Å². The van der Waals surface area contributed by atoms with Gasteiger partial charge in [-0.2, -0.15) is 5.26 Å². The fourth-order valence-corrected chi connectivity index (χ4v) is 2.96. The van der Waals surface area contributed by atoms with Crippen LogP contribution >= 0.6 is 0 Å². The number of nitriles is 1. The Kier molecular flexibility index (Phi) is 4.59. The van der Waals surface area contributed by atoms with Crippen molar-refractivity contribution in [3.63, 3.8) is 0 Å². The Morgan fingerprint density at radius 1 is 1.25 bits per heavy atom. The molecule has 0 aliphatic carbocycles. The number of hydrogen-bond donors (Lipinski definition) is 0. The summed E-state index contributed by atoms with van der Waals surface area (Å²) in [6.45, 7) is 1.99. The van der Waals surface area contributed by atoms with Crippen LogP contribution in [0.5, 0.6) is 0 Å². The monoisotopic (exact) mass is 323 g/mol. The van der Waals surface area contributed by atoms with E-state index in [1.54, 1.807) is 18.2 Å². The van der Waals surface area contributed by atoms with Crippen LogP contribution < -0.4 is 5.63 Å². The SMILES string of the molecule is CCCC1OC(Cc2c(C#N)c(=O)oc3ccccc23)C=CC1=O. The molecular formula is C19H17NO4. The number of fused-ring (bicyclic) bond motifs is 1. The summed E-state index contributed by atoms with van der Waals surface area (Å²) >= 11 is 0. The van der Waals surface area contributed by atoms with E-state index in [2.05, 4.69) is 0 Å². The van der Waals surface area contributed by atoms with E-state index < -0.39 is 11.7 Å². The molecule has 0 N–H and O–H groups in total. The van der Waals surface area contributed by atoms with Gasteiger partial charge in [0.15, 0.2) is 5.78 Å². The molecule has 5 nitrogen and oxygen atoms in total. The van der Waals surface area contributed by atoms with Crippen molar-refractivity contribution in [1.29, 1.82) is 5.26 Å². The Labute approximate surface area is 139 Å². The van der Waals surface area contributed by atoms with Crippen LogP contribution in [0, 0.1) is 11.3 Å². The van der Waals surface area contributed by atoms with Crippen molar-refractivity contribution in [2.75, 3.05) is 0 Å². The van der Waals surface area contributed by atoms with E-state index in [0.717, 1.165) is 11.8 Å². The highest BCUT2D eigenvalue weighted by Crippen LogP contribution is 2.24. The Morgan fingerprint density at radius 3 is 2.79 bits per heavy atom. The summed E-state index contributed by atoms with van der Waals surface area (Å²) < 4.78 is 11.1. The number of para-hydroxylation sites is 1. The molecule has 2 atom stereocenters. The first-order chi connectivity index (χ1) is 11.6. The third-order valence-electron chi connectivity index (χ3n) is 4.12. The van der Waals surface area contributed by atoms with Crippen LogP contribution in [0.25, 0.3) is 11.0 Å². The minimum Gasteiger partial charge on any atom is -0.422 e. The van der Waals surface area contributed by atoms with E-state index in [1.807, 2.05) is 25.1 Å². The van der Waals surface area contributed by atoms with Gasteiger partial charge >= 0.3 is 5.63 Å². The predicted octanol–water partition coefficient (Wildman–Crippen LogP) is 2.90. The number of ketones is 1. The molecule has 0 spiro atoms. The van der Waals surface area contributed by atoms with Crippen LogP contribution in [-0.4, -0.2) is 18.0 Å². The standard InChI is InChI=1S/C19H17NO4/c1-2-5-18-16(21)9-8-12(23-18)10-14-13-6-3-4-7-17(13)24-19(22)15(14)11-20/h3-4,6-9,12,18H,2,5,10H2,1H3. The minimum absolute atomic E-state index is 0.00496. The van der Waals surface area contributed by atoms with Crippen LogP contribution in [0.2, 0.25) is 0 Å². The largest absolute Gasteiger partial charge is 0.422 e. The van der Waals surface area contributed by atoms with E-state index in [9.17, 15) is 14.9 Å². The highest BCUT2D eigenvalue weighted by atomic mass is 16.5. The van der Waals surface area contributed by atoms with Crippen LogP contribution in [0.15, 0.2) is 45.6 Å². The molecule has 2 aromatic rings. The lowest BCUT2D eigenvalue weighted by Crippen LogP contribution is -2.33. The summed E-state index contributed by atoms with van der Waals surface area (Å²) in [5, 5.41) is 10.1. The summed E-state index contributed by atoms with van der Waals surface area (Å²) in [7, 11) is 0. The molecule has 122 valence electrons. The van der Waals surface area contributed by atoms with Crippen molar-refractivity contribution < 1.29 is 13.9 Å². The summed E-state index contributed by atoms with van der Waals surface area (Å²) in [6.07, 6.45) is 4.27. The highest BCUT2D eigenvalue weighted by Gasteiger charge is 2.26. The molecular weight excluding hydrogens is 306 g/mol. The van der Waals surface area contributed by atoms with Crippen molar-refractivity contribution in [2.45, 2.75) is 38.4 Å². The number of carbonyl (C=O) groups is 1. The third kappa shape index (κ3) is 3.01. The number of nitrogens with zero attached hydrogens (tertiary/aromatic N) is 1. The van der Waals surface area contributed by atoms with Gasteiger partial charge in [0.1, 0.15) is 23.3 Å². The average molecular weight is 323 g/mol. The molecule has 1 aliphatic rings. The first-order valence-corrected chi connectivity index (χ1v) is 7.96. The zero-order valence-corrected chi connectivity index (χ0v) is 13.3. The van der Waals surface area contributed by atoms with Crippen LogP contribution in [0.4, 0.5) is 0 Å². The molecule has 3 rings (SSSR count). The van der Waals surface area contributed by atoms with E-state index in [0.29, 0.717) is 24.0 Å². The number of benzene rings is 1. The lowest BCUT2D eigenvalue weighted by atomic mass is 9.97. The minimum atomic E-state index is -0.646. The second-order valence-electron chi connectivity index (χ2n) is 5.77. The molecule has 0 amide bonds. The van der Waals surface area contributed by atoms with Gasteiger partial charge in [0.2, 0.25) is 0 Å². The van der Waals surface area contributed by atoms with Crippen LogP contribution in [0.1, 0.15) is 30.9 Å². The van der Waals surface area contributed by atoms with Crippen LogP contribution in [0.3, 0.4) is 0 Å². The van der Waals surface area contributed by atoms with Gasteiger partial charge in [0.05, 0.1) is 6.10 Å². The van der Waals surface area contributed by atoms with Gasteiger partial charge in [-0.3, -0.25) is 4.79 Å². The molecule has 1 aromatic heterocycles. The van der Waals surface area contributed by atoms with Gasteiger partial charge in [-0.05, 0) is 24.1 Å². The Morgan fingerprint density at radius 2 is 2.04 bits per heavy atom. The lowest BCUT2D eigenvalue weighted by Gasteiger charge is -2.25. The molecule has 2 heterocycles. The molecule has 24 heavy (non-hydrogen) atoms. The molecule has 1 aliphatic heterocycles. The average Bonchev–Trinajstić information content (AvgIpc) is 2.58. The quantitative estimate of drug-likeness (QED) is 0.808. The van der Waals surface area contributed by atoms with Gasteiger partial charge in [-0.1, -0.05) is 37.6 Å². The third-order valence-corrected chi connectivity index (χ3v) is 4.12. The van der Waals surface area contributed by atoms with Gasteiger partial charge in [0.25, 0.3) is 0 Å². The summed E-state index contributed by atoms with van der Waals surface area (Å²) in [6, 6.07) is 9.05. The van der Waals surface area contributed by atoms with Crippen LogP contribution in [-0.2, 0) is 16.0 Å². The van der Waals surface area contributed by atoms with E-state index in [4.69, 9.17) is 9.15 Å². The highest BCUT2D eigenvalue weighted by molar-refractivity contribution is 5.94. The maximum absolute atomic E-state index is 12.0. The van der Waals surface area contributed by atoms with Gasteiger partial charge in [0, 0.05) is 11.8 Å². The molecule has 0 bridgehead atoms. The van der Waals surface area contributed by atoms with E-state index in [-0.39, 0.29) is 17.5 Å². The summed E-state index contributed by atoms with van der Waals surface area (Å²) in [5.41, 5.74) is 0.392. The molecule has 5 heteroatoms. The number of hydrogen-bond acceptors (Lipinski definition) is 5. The van der Waals surface area contributed by atoms with Gasteiger partial charge < -0.3 is 9.15 Å². The topological polar surface area (TPSA) is 80.3 Å². The number of ether oxygens (including phenoxy) is 1. The molecule has 0 saturated heterocycles.